The molecule has 1 aromatic carbocycles. The standard InChI is InChI=1S/C17H24N2O2/c1-5-19-11(4)13(6-7-18)14-8-12(10(2)3)9-15(16(14)19)17(20)21/h8-10H,5-7,18H2,1-4H3,(H,20,21). The number of nitrogens with zero attached hydrogens (tertiary/aromatic N) is 1. The Labute approximate surface area is 125 Å². The van der Waals surface area contributed by atoms with Crippen molar-refractivity contribution in [2.24, 2.45) is 5.73 Å². The second-order valence-electron chi connectivity index (χ2n) is 5.77. The van der Waals surface area contributed by atoms with Crippen LogP contribution in [0.4, 0.5) is 0 Å². The van der Waals surface area contributed by atoms with Crippen LogP contribution in [0.5, 0.6) is 0 Å². The van der Waals surface area contributed by atoms with Crippen molar-refractivity contribution in [1.29, 1.82) is 0 Å². The van der Waals surface area contributed by atoms with E-state index in [1.807, 2.05) is 13.0 Å². The Hall–Kier alpha value is -1.81. The van der Waals surface area contributed by atoms with Gasteiger partial charge in [-0.3, -0.25) is 0 Å². The summed E-state index contributed by atoms with van der Waals surface area (Å²) < 4.78 is 2.09. The van der Waals surface area contributed by atoms with Crippen LogP contribution in [0, 0.1) is 6.92 Å². The molecule has 0 aliphatic carbocycles. The van der Waals surface area contributed by atoms with E-state index in [-0.39, 0.29) is 0 Å². The third-order valence-electron chi connectivity index (χ3n) is 4.18. The Morgan fingerprint density at radius 3 is 2.52 bits per heavy atom. The molecule has 21 heavy (non-hydrogen) atoms. The second kappa shape index (κ2) is 5.90. The monoisotopic (exact) mass is 288 g/mol. The van der Waals surface area contributed by atoms with Gasteiger partial charge in [-0.05, 0) is 56.0 Å². The zero-order chi connectivity index (χ0) is 15.7. The number of carboxylic acid groups (broad SMARTS) is 1. The summed E-state index contributed by atoms with van der Waals surface area (Å²) in [4.78, 5) is 11.7. The Balaban J connectivity index is 2.92. The van der Waals surface area contributed by atoms with Crippen LogP contribution in [0.2, 0.25) is 0 Å². The SMILES string of the molecule is CCn1c(C)c(CCN)c2cc(C(C)C)cc(C(=O)O)c21. The molecule has 0 saturated heterocycles. The minimum Gasteiger partial charge on any atom is -0.478 e. The average Bonchev–Trinajstić information content (AvgIpc) is 2.70. The minimum atomic E-state index is -0.867. The maximum atomic E-state index is 11.7. The molecular weight excluding hydrogens is 264 g/mol. The third-order valence-corrected chi connectivity index (χ3v) is 4.18. The molecule has 2 rings (SSSR count). The van der Waals surface area contributed by atoms with Crippen LogP contribution < -0.4 is 5.73 Å². The smallest absolute Gasteiger partial charge is 0.337 e. The molecule has 0 unspecified atom stereocenters. The highest BCUT2D eigenvalue weighted by Gasteiger charge is 2.20. The molecule has 0 saturated carbocycles. The molecule has 4 heteroatoms. The molecule has 0 aliphatic heterocycles. The number of carboxylic acids is 1. The quantitative estimate of drug-likeness (QED) is 0.887. The summed E-state index contributed by atoms with van der Waals surface area (Å²) in [5, 5.41) is 10.6. The first-order valence-electron chi connectivity index (χ1n) is 7.51. The molecule has 1 heterocycles. The maximum absolute atomic E-state index is 11.7. The molecule has 0 aliphatic rings. The van der Waals surface area contributed by atoms with E-state index in [2.05, 4.69) is 31.4 Å². The molecule has 0 fully saturated rings. The van der Waals surface area contributed by atoms with Crippen molar-refractivity contribution in [1.82, 2.24) is 4.57 Å². The van der Waals surface area contributed by atoms with Gasteiger partial charge in [-0.15, -0.1) is 0 Å². The van der Waals surface area contributed by atoms with Crippen molar-refractivity contribution in [3.8, 4) is 0 Å². The fourth-order valence-corrected chi connectivity index (χ4v) is 3.05. The van der Waals surface area contributed by atoms with Crippen molar-refractivity contribution in [3.05, 3.63) is 34.5 Å². The van der Waals surface area contributed by atoms with Crippen molar-refractivity contribution in [2.75, 3.05) is 6.54 Å². The van der Waals surface area contributed by atoms with Crippen molar-refractivity contribution >= 4 is 16.9 Å². The van der Waals surface area contributed by atoms with E-state index in [1.165, 1.54) is 5.56 Å². The number of rotatable bonds is 5. The summed E-state index contributed by atoms with van der Waals surface area (Å²) in [6.45, 7) is 9.58. The molecule has 2 aromatic rings. The predicted octanol–water partition coefficient (Wildman–Crippen LogP) is 3.29. The molecule has 0 amide bonds. The lowest BCUT2D eigenvalue weighted by Gasteiger charge is -2.11. The van der Waals surface area contributed by atoms with Gasteiger partial charge >= 0.3 is 5.97 Å². The zero-order valence-electron chi connectivity index (χ0n) is 13.2. The molecule has 114 valence electrons. The van der Waals surface area contributed by atoms with Crippen LogP contribution in [-0.4, -0.2) is 22.2 Å². The molecule has 0 atom stereocenters. The van der Waals surface area contributed by atoms with E-state index in [0.717, 1.165) is 35.1 Å². The number of benzene rings is 1. The molecule has 3 N–H and O–H groups in total. The first-order valence-corrected chi connectivity index (χ1v) is 7.51. The fourth-order valence-electron chi connectivity index (χ4n) is 3.05. The van der Waals surface area contributed by atoms with Gasteiger partial charge in [-0.2, -0.15) is 0 Å². The zero-order valence-corrected chi connectivity index (χ0v) is 13.2. The van der Waals surface area contributed by atoms with Crippen molar-refractivity contribution < 1.29 is 9.90 Å². The summed E-state index contributed by atoms with van der Waals surface area (Å²) in [5.74, 6) is -0.572. The van der Waals surface area contributed by atoms with Gasteiger partial charge in [0.05, 0.1) is 11.1 Å². The number of carbonyl (C=O) groups is 1. The summed E-state index contributed by atoms with van der Waals surface area (Å²) >= 11 is 0. The number of aromatic nitrogens is 1. The Bertz CT molecular complexity index is 684. The van der Waals surface area contributed by atoms with Crippen LogP contribution in [0.25, 0.3) is 10.9 Å². The highest BCUT2D eigenvalue weighted by Crippen LogP contribution is 2.32. The van der Waals surface area contributed by atoms with E-state index in [9.17, 15) is 9.90 Å². The van der Waals surface area contributed by atoms with E-state index in [0.29, 0.717) is 18.0 Å². The normalized spacial score (nSPS) is 11.5. The van der Waals surface area contributed by atoms with Gasteiger partial charge in [0.15, 0.2) is 0 Å². The predicted molar refractivity (Wildman–Crippen MR) is 86.2 cm³/mol. The largest absolute Gasteiger partial charge is 0.478 e. The van der Waals surface area contributed by atoms with Crippen LogP contribution in [0.15, 0.2) is 12.1 Å². The van der Waals surface area contributed by atoms with Crippen LogP contribution >= 0.6 is 0 Å². The van der Waals surface area contributed by atoms with Gasteiger partial charge < -0.3 is 15.4 Å². The van der Waals surface area contributed by atoms with Gasteiger partial charge in [-0.25, -0.2) is 4.79 Å². The molecule has 0 spiro atoms. The molecule has 0 radical (unpaired) electrons. The minimum absolute atomic E-state index is 0.295. The van der Waals surface area contributed by atoms with Gasteiger partial charge in [0.25, 0.3) is 0 Å². The highest BCUT2D eigenvalue weighted by atomic mass is 16.4. The molecule has 1 aromatic heterocycles. The van der Waals surface area contributed by atoms with Crippen LogP contribution in [0.1, 0.15) is 53.9 Å². The van der Waals surface area contributed by atoms with Crippen LogP contribution in [-0.2, 0) is 13.0 Å². The van der Waals surface area contributed by atoms with Gasteiger partial charge in [0.1, 0.15) is 0 Å². The van der Waals surface area contributed by atoms with Crippen molar-refractivity contribution in [3.63, 3.8) is 0 Å². The lowest BCUT2D eigenvalue weighted by molar-refractivity contribution is 0.0698. The first-order chi connectivity index (χ1) is 9.92. The molecule has 4 nitrogen and oxygen atoms in total. The van der Waals surface area contributed by atoms with Gasteiger partial charge in [-0.1, -0.05) is 13.8 Å². The molecular formula is C17H24N2O2. The summed E-state index contributed by atoms with van der Waals surface area (Å²) in [7, 11) is 0. The van der Waals surface area contributed by atoms with Gasteiger partial charge in [0.2, 0.25) is 0 Å². The van der Waals surface area contributed by atoms with Crippen LogP contribution in [0.3, 0.4) is 0 Å². The lowest BCUT2D eigenvalue weighted by Crippen LogP contribution is -2.05. The first kappa shape index (κ1) is 15.6. The number of aromatic carboxylic acids is 1. The number of aryl methyl sites for hydroxylation is 1. The number of nitrogens with two attached hydrogens (primary N) is 1. The summed E-state index contributed by atoms with van der Waals surface area (Å²) in [6, 6.07) is 3.95. The topological polar surface area (TPSA) is 68.2 Å². The Morgan fingerprint density at radius 2 is 2.05 bits per heavy atom. The molecule has 0 bridgehead atoms. The maximum Gasteiger partial charge on any atom is 0.337 e. The Morgan fingerprint density at radius 1 is 1.38 bits per heavy atom. The summed E-state index contributed by atoms with van der Waals surface area (Å²) in [5.41, 5.74) is 10.3. The van der Waals surface area contributed by atoms with E-state index in [1.54, 1.807) is 0 Å². The number of hydrogen-bond donors (Lipinski definition) is 2. The summed E-state index contributed by atoms with van der Waals surface area (Å²) in [6.07, 6.45) is 0.774. The van der Waals surface area contributed by atoms with Gasteiger partial charge in [0, 0.05) is 17.6 Å². The highest BCUT2D eigenvalue weighted by molar-refractivity contribution is 6.04. The number of fused-ring (bicyclic) bond motifs is 1. The third kappa shape index (κ3) is 2.56. The fraction of sp³-hybridized carbons (Fsp3) is 0.471. The van der Waals surface area contributed by atoms with Crippen molar-refractivity contribution in [2.45, 2.75) is 46.6 Å². The van der Waals surface area contributed by atoms with E-state index < -0.39 is 5.97 Å². The number of hydrogen-bond acceptors (Lipinski definition) is 2. The lowest BCUT2D eigenvalue weighted by atomic mass is 9.96. The average molecular weight is 288 g/mol. The van der Waals surface area contributed by atoms with E-state index >= 15 is 0 Å². The second-order valence-corrected chi connectivity index (χ2v) is 5.77. The van der Waals surface area contributed by atoms with E-state index in [4.69, 9.17) is 5.73 Å². The Kier molecular flexibility index (Phi) is 4.37.